The molecule has 0 aromatic heterocycles. The van der Waals surface area contributed by atoms with Crippen LogP contribution in [0.1, 0.15) is 18.1 Å². The van der Waals surface area contributed by atoms with Crippen molar-refractivity contribution in [1.82, 2.24) is 0 Å². The largest absolute Gasteiger partial charge is 0.496 e. The molecule has 1 N–H and O–H groups in total. The van der Waals surface area contributed by atoms with Gasteiger partial charge >= 0.3 is 0 Å². The SMILES string of the molecule is COc1cccc(Cl)c1C(O)CCS(C)(=O)=O. The maximum Gasteiger partial charge on any atom is 0.147 e. The lowest BCUT2D eigenvalue weighted by molar-refractivity contribution is 0.170. The molecule has 96 valence electrons. The number of hydrogen-bond donors (Lipinski definition) is 1. The van der Waals surface area contributed by atoms with Gasteiger partial charge in [-0.15, -0.1) is 0 Å². The van der Waals surface area contributed by atoms with Crippen LogP contribution in [0.3, 0.4) is 0 Å². The molecule has 0 aliphatic carbocycles. The zero-order chi connectivity index (χ0) is 13.1. The molecule has 0 spiro atoms. The first-order chi connectivity index (χ1) is 7.85. The normalized spacial score (nSPS) is 13.4. The summed E-state index contributed by atoms with van der Waals surface area (Å²) >= 11 is 5.96. The van der Waals surface area contributed by atoms with Gasteiger partial charge in [-0.05, 0) is 18.6 Å². The predicted molar refractivity (Wildman–Crippen MR) is 67.3 cm³/mol. The van der Waals surface area contributed by atoms with Gasteiger partial charge in [0, 0.05) is 11.8 Å². The fraction of sp³-hybridized carbons (Fsp3) is 0.455. The summed E-state index contributed by atoms with van der Waals surface area (Å²) < 4.78 is 27.1. The predicted octanol–water partition coefficient (Wildman–Crippen LogP) is 1.82. The zero-order valence-electron chi connectivity index (χ0n) is 9.68. The Kier molecular flexibility index (Phi) is 4.80. The molecule has 1 rings (SSSR count). The first-order valence-electron chi connectivity index (χ1n) is 5.03. The molecule has 17 heavy (non-hydrogen) atoms. The maximum absolute atomic E-state index is 11.0. The van der Waals surface area contributed by atoms with E-state index in [1.165, 1.54) is 7.11 Å². The van der Waals surface area contributed by atoms with E-state index < -0.39 is 15.9 Å². The van der Waals surface area contributed by atoms with Gasteiger partial charge in [0.15, 0.2) is 0 Å². The van der Waals surface area contributed by atoms with Gasteiger partial charge in [0.1, 0.15) is 15.6 Å². The molecule has 0 heterocycles. The molecule has 1 atom stereocenters. The summed E-state index contributed by atoms with van der Waals surface area (Å²) in [6.07, 6.45) is 0.274. The highest BCUT2D eigenvalue weighted by Gasteiger charge is 2.18. The van der Waals surface area contributed by atoms with Crippen LogP contribution in [0.4, 0.5) is 0 Å². The Morgan fingerprint density at radius 2 is 2.12 bits per heavy atom. The summed E-state index contributed by atoms with van der Waals surface area (Å²) in [5, 5.41) is 10.3. The van der Waals surface area contributed by atoms with Crippen LogP contribution in [0.25, 0.3) is 0 Å². The third-order valence-electron chi connectivity index (χ3n) is 2.33. The first-order valence-corrected chi connectivity index (χ1v) is 7.47. The molecular weight excluding hydrogens is 264 g/mol. The van der Waals surface area contributed by atoms with Gasteiger partial charge in [-0.1, -0.05) is 17.7 Å². The van der Waals surface area contributed by atoms with Crippen LogP contribution in [0.15, 0.2) is 18.2 Å². The second-order valence-electron chi connectivity index (χ2n) is 3.79. The molecule has 1 unspecified atom stereocenters. The van der Waals surface area contributed by atoms with E-state index in [0.717, 1.165) is 6.26 Å². The van der Waals surface area contributed by atoms with Crippen LogP contribution < -0.4 is 4.74 Å². The molecule has 0 radical (unpaired) electrons. The molecule has 0 fully saturated rings. The van der Waals surface area contributed by atoms with Crippen LogP contribution >= 0.6 is 11.6 Å². The number of halogens is 1. The van der Waals surface area contributed by atoms with Gasteiger partial charge in [0.2, 0.25) is 0 Å². The highest BCUT2D eigenvalue weighted by molar-refractivity contribution is 7.90. The number of ether oxygens (including phenoxy) is 1. The number of aliphatic hydroxyl groups excluding tert-OH is 1. The van der Waals surface area contributed by atoms with Crippen LogP contribution in [-0.4, -0.2) is 32.6 Å². The summed E-state index contributed by atoms with van der Waals surface area (Å²) in [5.74, 6) is 0.362. The Bertz CT molecular complexity index is 484. The minimum atomic E-state index is -3.10. The topological polar surface area (TPSA) is 63.6 Å². The third kappa shape index (κ3) is 4.18. The van der Waals surface area contributed by atoms with E-state index in [-0.39, 0.29) is 12.2 Å². The molecule has 4 nitrogen and oxygen atoms in total. The first kappa shape index (κ1) is 14.3. The van der Waals surface area contributed by atoms with Gasteiger partial charge in [0.25, 0.3) is 0 Å². The van der Waals surface area contributed by atoms with E-state index in [4.69, 9.17) is 16.3 Å². The molecule has 0 aliphatic heterocycles. The second kappa shape index (κ2) is 5.71. The Balaban J connectivity index is 2.92. The summed E-state index contributed by atoms with van der Waals surface area (Å²) in [6, 6.07) is 5.00. The summed E-state index contributed by atoms with van der Waals surface area (Å²) in [4.78, 5) is 0. The van der Waals surface area contributed by atoms with Gasteiger partial charge < -0.3 is 9.84 Å². The lowest BCUT2D eigenvalue weighted by atomic mass is 10.1. The fourth-order valence-electron chi connectivity index (χ4n) is 1.49. The summed E-state index contributed by atoms with van der Waals surface area (Å²) in [7, 11) is -1.63. The zero-order valence-corrected chi connectivity index (χ0v) is 11.3. The van der Waals surface area contributed by atoms with Crippen molar-refractivity contribution < 1.29 is 18.3 Å². The molecule has 1 aromatic carbocycles. The number of hydrogen-bond acceptors (Lipinski definition) is 4. The van der Waals surface area contributed by atoms with Crippen molar-refractivity contribution >= 4 is 21.4 Å². The van der Waals surface area contributed by atoms with E-state index in [1.54, 1.807) is 18.2 Å². The highest BCUT2D eigenvalue weighted by Crippen LogP contribution is 2.33. The third-order valence-corrected chi connectivity index (χ3v) is 3.64. The minimum Gasteiger partial charge on any atom is -0.496 e. The average molecular weight is 279 g/mol. The molecule has 0 amide bonds. The molecule has 0 aliphatic rings. The van der Waals surface area contributed by atoms with E-state index in [0.29, 0.717) is 16.3 Å². The van der Waals surface area contributed by atoms with E-state index in [9.17, 15) is 13.5 Å². The van der Waals surface area contributed by atoms with Crippen molar-refractivity contribution in [2.24, 2.45) is 0 Å². The highest BCUT2D eigenvalue weighted by atomic mass is 35.5. The maximum atomic E-state index is 11.0. The number of aliphatic hydroxyl groups is 1. The Hall–Kier alpha value is -0.780. The monoisotopic (exact) mass is 278 g/mol. The van der Waals surface area contributed by atoms with Crippen molar-refractivity contribution in [3.63, 3.8) is 0 Å². The quantitative estimate of drug-likeness (QED) is 0.892. The molecule has 0 bridgehead atoms. The number of rotatable bonds is 5. The van der Waals surface area contributed by atoms with Gasteiger partial charge in [-0.25, -0.2) is 8.42 Å². The average Bonchev–Trinajstić information content (AvgIpc) is 2.24. The van der Waals surface area contributed by atoms with Crippen LogP contribution in [-0.2, 0) is 9.84 Å². The molecule has 0 saturated carbocycles. The van der Waals surface area contributed by atoms with Crippen molar-refractivity contribution in [2.75, 3.05) is 19.1 Å². The molecule has 1 aromatic rings. The second-order valence-corrected chi connectivity index (χ2v) is 6.46. The van der Waals surface area contributed by atoms with Crippen molar-refractivity contribution in [2.45, 2.75) is 12.5 Å². The van der Waals surface area contributed by atoms with Gasteiger partial charge in [-0.2, -0.15) is 0 Å². The van der Waals surface area contributed by atoms with Crippen molar-refractivity contribution in [1.29, 1.82) is 0 Å². The number of benzene rings is 1. The van der Waals surface area contributed by atoms with Crippen molar-refractivity contribution in [3.8, 4) is 5.75 Å². The van der Waals surface area contributed by atoms with E-state index in [2.05, 4.69) is 0 Å². The summed E-state index contributed by atoms with van der Waals surface area (Å²) in [5.41, 5.74) is 0.431. The van der Waals surface area contributed by atoms with Gasteiger partial charge in [-0.3, -0.25) is 0 Å². The summed E-state index contributed by atoms with van der Waals surface area (Å²) in [6.45, 7) is 0. The Labute approximate surface area is 106 Å². The number of sulfone groups is 1. The molecule has 6 heteroatoms. The Morgan fingerprint density at radius 1 is 1.47 bits per heavy atom. The van der Waals surface area contributed by atoms with Crippen LogP contribution in [0.5, 0.6) is 5.75 Å². The van der Waals surface area contributed by atoms with Crippen LogP contribution in [0, 0.1) is 0 Å². The number of methoxy groups -OCH3 is 1. The minimum absolute atomic E-state index is 0.0947. The van der Waals surface area contributed by atoms with E-state index in [1.807, 2.05) is 0 Å². The molecular formula is C11H15ClO4S. The van der Waals surface area contributed by atoms with Crippen LogP contribution in [0.2, 0.25) is 5.02 Å². The molecule has 0 saturated heterocycles. The Morgan fingerprint density at radius 3 is 2.65 bits per heavy atom. The lowest BCUT2D eigenvalue weighted by Gasteiger charge is -2.15. The van der Waals surface area contributed by atoms with E-state index >= 15 is 0 Å². The lowest BCUT2D eigenvalue weighted by Crippen LogP contribution is -2.09. The van der Waals surface area contributed by atoms with Gasteiger partial charge in [0.05, 0.1) is 24.0 Å². The fourth-order valence-corrected chi connectivity index (χ4v) is 2.43. The smallest absolute Gasteiger partial charge is 0.147 e. The standard InChI is InChI=1S/C11H15ClO4S/c1-16-10-5-3-4-8(12)11(10)9(13)6-7-17(2,14)15/h3-5,9,13H,6-7H2,1-2H3. The van der Waals surface area contributed by atoms with Crippen molar-refractivity contribution in [3.05, 3.63) is 28.8 Å².